The van der Waals surface area contributed by atoms with Crippen molar-refractivity contribution in [2.24, 2.45) is 4.99 Å². The van der Waals surface area contributed by atoms with Crippen molar-refractivity contribution < 1.29 is 8.42 Å². The predicted molar refractivity (Wildman–Crippen MR) is 123 cm³/mol. The summed E-state index contributed by atoms with van der Waals surface area (Å²) >= 11 is 1.60. The van der Waals surface area contributed by atoms with E-state index in [-0.39, 0.29) is 0 Å². The molecule has 0 aliphatic heterocycles. The molecule has 0 fully saturated rings. The van der Waals surface area contributed by atoms with Crippen LogP contribution in [0.1, 0.15) is 6.42 Å². The fraction of sp³-hybridized carbons (Fsp3) is 0.318. The maximum absolute atomic E-state index is 12.4. The van der Waals surface area contributed by atoms with Crippen LogP contribution in [-0.2, 0) is 16.6 Å². The van der Waals surface area contributed by atoms with Crippen LogP contribution in [0.25, 0.3) is 11.3 Å². The molecule has 0 amide bonds. The van der Waals surface area contributed by atoms with E-state index >= 15 is 0 Å². The average Bonchev–Trinajstić information content (AvgIpc) is 3.11. The summed E-state index contributed by atoms with van der Waals surface area (Å²) < 4.78 is 28.2. The number of para-hydroxylation sites is 1. The first-order valence-corrected chi connectivity index (χ1v) is 12.1. The van der Waals surface area contributed by atoms with Gasteiger partial charge in [0.2, 0.25) is 10.0 Å². The predicted octanol–water partition coefficient (Wildman–Crippen LogP) is 3.65. The molecule has 0 aliphatic carbocycles. The van der Waals surface area contributed by atoms with Gasteiger partial charge in [0.25, 0.3) is 0 Å². The van der Waals surface area contributed by atoms with E-state index < -0.39 is 10.0 Å². The summed E-state index contributed by atoms with van der Waals surface area (Å²) in [6, 6.07) is 17.0. The van der Waals surface area contributed by atoms with Crippen molar-refractivity contribution in [2.45, 2.75) is 17.9 Å². The van der Waals surface area contributed by atoms with Gasteiger partial charge in [-0.3, -0.25) is 0 Å². The van der Waals surface area contributed by atoms with Gasteiger partial charge in [-0.1, -0.05) is 30.3 Å². The lowest BCUT2D eigenvalue weighted by molar-refractivity contribution is 0.386. The zero-order valence-corrected chi connectivity index (χ0v) is 19.4. The molecule has 160 valence electrons. The molecule has 0 radical (unpaired) electrons. The Labute approximate surface area is 182 Å². The third-order valence-electron chi connectivity index (χ3n) is 4.69. The van der Waals surface area contributed by atoms with Crippen molar-refractivity contribution in [1.29, 1.82) is 0 Å². The van der Waals surface area contributed by atoms with Crippen LogP contribution in [0.4, 0.5) is 5.69 Å². The molecule has 0 spiro atoms. The average molecular weight is 445 g/mol. The van der Waals surface area contributed by atoms with Gasteiger partial charge in [0.15, 0.2) is 4.80 Å². The van der Waals surface area contributed by atoms with Crippen molar-refractivity contribution in [3.63, 3.8) is 0 Å². The van der Waals surface area contributed by atoms with Gasteiger partial charge in [-0.05, 0) is 56.9 Å². The van der Waals surface area contributed by atoms with Gasteiger partial charge in [0.1, 0.15) is 0 Å². The van der Waals surface area contributed by atoms with Crippen LogP contribution >= 0.6 is 11.3 Å². The second kappa shape index (κ2) is 9.70. The second-order valence-corrected chi connectivity index (χ2v) is 10.5. The van der Waals surface area contributed by atoms with Crippen LogP contribution < -0.4 is 4.80 Å². The lowest BCUT2D eigenvalue weighted by Crippen LogP contribution is -2.22. The minimum Gasteiger partial charge on any atom is -0.316 e. The highest BCUT2D eigenvalue weighted by Crippen LogP contribution is 2.24. The number of rotatable bonds is 8. The smallest absolute Gasteiger partial charge is 0.242 e. The van der Waals surface area contributed by atoms with E-state index in [1.165, 1.54) is 18.4 Å². The number of hydrogen-bond acceptors (Lipinski definition) is 5. The second-order valence-electron chi connectivity index (χ2n) is 7.47. The SMILES string of the molecule is CN(C)CCCn1c(-c2ccc(S(=O)(=O)N(C)C)cc2)csc1=Nc1ccccc1. The van der Waals surface area contributed by atoms with Gasteiger partial charge in [0, 0.05) is 26.0 Å². The van der Waals surface area contributed by atoms with Crippen LogP contribution in [0, 0.1) is 0 Å². The van der Waals surface area contributed by atoms with Crippen LogP contribution in [-0.4, -0.2) is 56.9 Å². The van der Waals surface area contributed by atoms with E-state index in [9.17, 15) is 8.42 Å². The van der Waals surface area contributed by atoms with E-state index in [1.54, 1.807) is 23.5 Å². The van der Waals surface area contributed by atoms with E-state index in [4.69, 9.17) is 4.99 Å². The number of nitrogens with zero attached hydrogens (tertiary/aromatic N) is 4. The largest absolute Gasteiger partial charge is 0.316 e. The molecule has 0 saturated carbocycles. The van der Waals surface area contributed by atoms with Crippen molar-refractivity contribution in [1.82, 2.24) is 13.8 Å². The van der Waals surface area contributed by atoms with Crippen LogP contribution in [0.15, 0.2) is 69.9 Å². The number of thiazole rings is 1. The highest BCUT2D eigenvalue weighted by Gasteiger charge is 2.17. The summed E-state index contributed by atoms with van der Waals surface area (Å²) in [6.07, 6.45) is 0.992. The van der Waals surface area contributed by atoms with Gasteiger partial charge in [-0.15, -0.1) is 11.3 Å². The Morgan fingerprint density at radius 3 is 2.23 bits per heavy atom. The fourth-order valence-corrected chi connectivity index (χ4v) is 4.89. The van der Waals surface area contributed by atoms with Crippen molar-refractivity contribution in [3.8, 4) is 11.3 Å². The van der Waals surface area contributed by atoms with Crippen LogP contribution in [0.3, 0.4) is 0 Å². The van der Waals surface area contributed by atoms with E-state index in [0.717, 1.165) is 41.3 Å². The van der Waals surface area contributed by atoms with Crippen LogP contribution in [0.5, 0.6) is 0 Å². The van der Waals surface area contributed by atoms with Crippen molar-refractivity contribution in [3.05, 3.63) is 64.8 Å². The molecule has 3 rings (SSSR count). The molecule has 1 aromatic heterocycles. The van der Waals surface area contributed by atoms with Gasteiger partial charge in [-0.25, -0.2) is 17.7 Å². The maximum atomic E-state index is 12.4. The summed E-state index contributed by atoms with van der Waals surface area (Å²) in [5.41, 5.74) is 2.94. The molecule has 2 aromatic carbocycles. The monoisotopic (exact) mass is 444 g/mol. The van der Waals surface area contributed by atoms with Crippen molar-refractivity contribution >= 4 is 27.0 Å². The maximum Gasteiger partial charge on any atom is 0.242 e. The lowest BCUT2D eigenvalue weighted by atomic mass is 10.2. The van der Waals surface area contributed by atoms with Gasteiger partial charge < -0.3 is 9.47 Å². The zero-order chi connectivity index (χ0) is 21.7. The number of benzene rings is 2. The molecule has 8 heteroatoms. The molecule has 3 aromatic rings. The van der Waals surface area contributed by atoms with E-state index in [0.29, 0.717) is 4.90 Å². The number of sulfonamides is 1. The normalized spacial score (nSPS) is 12.8. The standard InChI is InChI=1S/C22H28N4O2S2/c1-24(2)15-8-16-26-21(17-29-22(26)23-19-9-6-5-7-10-19)18-11-13-20(14-12-18)30(27,28)25(3)4/h5-7,9-14,17H,8,15-16H2,1-4H3. The Hall–Kier alpha value is -2.26. The quantitative estimate of drug-likeness (QED) is 0.533. The Bertz CT molecular complexity index is 1130. The third kappa shape index (κ3) is 5.26. The van der Waals surface area contributed by atoms with Gasteiger partial charge in [0.05, 0.1) is 16.3 Å². The summed E-state index contributed by atoms with van der Waals surface area (Å²) in [7, 11) is 3.78. The first kappa shape index (κ1) is 22.4. The molecule has 0 N–H and O–H groups in total. The Morgan fingerprint density at radius 1 is 0.967 bits per heavy atom. The molecule has 0 aliphatic rings. The minimum absolute atomic E-state index is 0.292. The highest BCUT2D eigenvalue weighted by molar-refractivity contribution is 7.89. The topological polar surface area (TPSA) is 57.9 Å². The number of aromatic nitrogens is 1. The minimum atomic E-state index is -3.44. The molecule has 1 heterocycles. The first-order chi connectivity index (χ1) is 14.3. The summed E-state index contributed by atoms with van der Waals surface area (Å²) in [5, 5.41) is 2.09. The molecule has 0 unspecified atom stereocenters. The summed E-state index contributed by atoms with van der Waals surface area (Å²) in [5.74, 6) is 0. The van der Waals surface area contributed by atoms with Gasteiger partial charge in [-0.2, -0.15) is 0 Å². The molecule has 30 heavy (non-hydrogen) atoms. The first-order valence-electron chi connectivity index (χ1n) is 9.75. The Kier molecular flexibility index (Phi) is 7.25. The zero-order valence-electron chi connectivity index (χ0n) is 17.8. The molecule has 6 nitrogen and oxygen atoms in total. The molecular formula is C22H28N4O2S2. The summed E-state index contributed by atoms with van der Waals surface area (Å²) in [6.45, 7) is 1.81. The molecule has 0 saturated heterocycles. The molecule has 0 bridgehead atoms. The highest BCUT2D eigenvalue weighted by atomic mass is 32.2. The van der Waals surface area contributed by atoms with Crippen molar-refractivity contribution in [2.75, 3.05) is 34.7 Å². The summed E-state index contributed by atoms with van der Waals surface area (Å²) in [4.78, 5) is 8.22. The van der Waals surface area contributed by atoms with E-state index in [1.807, 2.05) is 42.5 Å². The molecular weight excluding hydrogens is 416 g/mol. The Morgan fingerprint density at radius 2 is 1.63 bits per heavy atom. The van der Waals surface area contributed by atoms with Gasteiger partial charge >= 0.3 is 0 Å². The number of hydrogen-bond donors (Lipinski definition) is 0. The fourth-order valence-electron chi connectivity index (χ4n) is 3.03. The third-order valence-corrected chi connectivity index (χ3v) is 7.39. The Balaban J connectivity index is 2.01. The van der Waals surface area contributed by atoms with Crippen LogP contribution in [0.2, 0.25) is 0 Å². The lowest BCUT2D eigenvalue weighted by Gasteiger charge is -2.14. The molecule has 0 atom stereocenters. The van der Waals surface area contributed by atoms with E-state index in [2.05, 4.69) is 28.9 Å².